The molecule has 0 atom stereocenters. The van der Waals surface area contributed by atoms with Crippen molar-refractivity contribution in [2.24, 2.45) is 12.8 Å². The molecular weight excluding hydrogens is 266 g/mol. The molecule has 9 heteroatoms. The number of nitrogens with zero attached hydrogens (tertiary/aromatic N) is 3. The Morgan fingerprint density at radius 2 is 2.10 bits per heavy atom. The Hall–Kier alpha value is -3.10. The van der Waals surface area contributed by atoms with E-state index < -0.39 is 16.7 Å². The molecule has 0 fully saturated rings. The van der Waals surface area contributed by atoms with Gasteiger partial charge in [0.15, 0.2) is 0 Å². The first kappa shape index (κ1) is 13.3. The molecule has 0 unspecified atom stereocenters. The third kappa shape index (κ3) is 2.36. The maximum atomic E-state index is 12.0. The van der Waals surface area contributed by atoms with E-state index in [4.69, 9.17) is 5.73 Å². The number of nitrogens with one attached hydrogen (secondary N) is 1. The van der Waals surface area contributed by atoms with Crippen LogP contribution in [-0.4, -0.2) is 26.0 Å². The third-order valence-electron chi connectivity index (χ3n) is 2.66. The molecule has 0 saturated carbocycles. The molecular formula is C11H11N5O4. The first-order valence-corrected chi connectivity index (χ1v) is 5.49. The van der Waals surface area contributed by atoms with Crippen molar-refractivity contribution >= 4 is 17.5 Å². The summed E-state index contributed by atoms with van der Waals surface area (Å²) in [5, 5.41) is 10.6. The number of rotatable bonds is 4. The minimum absolute atomic E-state index is 0.0841. The molecule has 9 nitrogen and oxygen atoms in total. The molecule has 0 aliphatic heterocycles. The molecule has 2 aromatic heterocycles. The van der Waals surface area contributed by atoms with Gasteiger partial charge < -0.3 is 10.3 Å². The number of aryl methyl sites for hydroxylation is 1. The second-order valence-corrected chi connectivity index (χ2v) is 4.02. The highest BCUT2D eigenvalue weighted by atomic mass is 16.6. The lowest BCUT2D eigenvalue weighted by molar-refractivity contribution is -0.384. The predicted octanol–water partition coefficient (Wildman–Crippen LogP) is 0.218. The lowest BCUT2D eigenvalue weighted by atomic mass is 10.4. The van der Waals surface area contributed by atoms with E-state index >= 15 is 0 Å². The minimum Gasteiger partial charge on any atom is -0.364 e. The van der Waals surface area contributed by atoms with Gasteiger partial charge in [-0.15, -0.1) is 0 Å². The van der Waals surface area contributed by atoms with Crippen molar-refractivity contribution in [1.29, 1.82) is 0 Å². The van der Waals surface area contributed by atoms with E-state index in [9.17, 15) is 19.7 Å². The highest BCUT2D eigenvalue weighted by Crippen LogP contribution is 2.15. The number of nitrogens with two attached hydrogens (primary N) is 1. The highest BCUT2D eigenvalue weighted by Gasteiger charge is 2.18. The number of amides is 2. The Labute approximate surface area is 112 Å². The summed E-state index contributed by atoms with van der Waals surface area (Å²) >= 11 is 0. The summed E-state index contributed by atoms with van der Waals surface area (Å²) in [6.45, 7) is 0. The molecule has 2 aromatic rings. The summed E-state index contributed by atoms with van der Waals surface area (Å²) in [7, 11) is 1.51. The van der Waals surface area contributed by atoms with Gasteiger partial charge in [-0.25, -0.2) is 0 Å². The van der Waals surface area contributed by atoms with Crippen LogP contribution in [0.25, 0.3) is 0 Å². The van der Waals surface area contributed by atoms with Crippen LogP contribution in [0.1, 0.15) is 21.0 Å². The Bertz CT molecular complexity index is 699. The van der Waals surface area contributed by atoms with Gasteiger partial charge in [0.2, 0.25) is 0 Å². The van der Waals surface area contributed by atoms with Crippen LogP contribution < -0.4 is 11.2 Å². The second-order valence-electron chi connectivity index (χ2n) is 4.02. The molecule has 3 N–H and O–H groups in total. The number of carbonyl (C=O) groups is 2. The van der Waals surface area contributed by atoms with E-state index in [1.54, 1.807) is 0 Å². The van der Waals surface area contributed by atoms with Gasteiger partial charge in [0, 0.05) is 19.3 Å². The molecule has 2 rings (SSSR count). The normalized spacial score (nSPS) is 10.2. The number of nitro groups is 1. The van der Waals surface area contributed by atoms with Gasteiger partial charge in [0.25, 0.3) is 17.5 Å². The van der Waals surface area contributed by atoms with Crippen LogP contribution in [0.3, 0.4) is 0 Å². The molecule has 104 valence electrons. The van der Waals surface area contributed by atoms with E-state index in [-0.39, 0.29) is 17.1 Å². The second kappa shape index (κ2) is 4.88. The van der Waals surface area contributed by atoms with Crippen LogP contribution in [-0.2, 0) is 7.05 Å². The standard InChI is InChI=1S/C11H11N5O4/c1-14-6-7(16(19)20)5-9(14)11(18)13-15-4-2-3-8(15)10(12)17/h2-6H,1H3,(H2,12,17)(H,13,18). The largest absolute Gasteiger partial charge is 0.364 e. The summed E-state index contributed by atoms with van der Waals surface area (Å²) < 4.78 is 2.48. The van der Waals surface area contributed by atoms with Gasteiger partial charge in [0.05, 0.1) is 11.1 Å². The first-order chi connectivity index (χ1) is 9.40. The van der Waals surface area contributed by atoms with Gasteiger partial charge in [-0.2, -0.15) is 0 Å². The quantitative estimate of drug-likeness (QED) is 0.612. The fourth-order valence-corrected chi connectivity index (χ4v) is 1.72. The predicted molar refractivity (Wildman–Crippen MR) is 68.7 cm³/mol. The number of primary amides is 1. The van der Waals surface area contributed by atoms with E-state index in [0.29, 0.717) is 0 Å². The minimum atomic E-state index is -0.701. The zero-order valence-corrected chi connectivity index (χ0v) is 10.4. The third-order valence-corrected chi connectivity index (χ3v) is 2.66. The van der Waals surface area contributed by atoms with E-state index in [0.717, 1.165) is 10.7 Å². The number of carbonyl (C=O) groups excluding carboxylic acids is 2. The topological polar surface area (TPSA) is 125 Å². The molecule has 0 bridgehead atoms. The zero-order valence-electron chi connectivity index (χ0n) is 10.4. The van der Waals surface area contributed by atoms with Crippen LogP contribution in [0.15, 0.2) is 30.6 Å². The van der Waals surface area contributed by atoms with Crippen LogP contribution in [0.2, 0.25) is 0 Å². The van der Waals surface area contributed by atoms with Crippen molar-refractivity contribution in [2.75, 3.05) is 5.43 Å². The summed E-state index contributed by atoms with van der Waals surface area (Å²) in [6, 6.07) is 4.12. The maximum absolute atomic E-state index is 12.0. The van der Waals surface area contributed by atoms with Crippen LogP contribution in [0.4, 0.5) is 5.69 Å². The van der Waals surface area contributed by atoms with Gasteiger partial charge in [0.1, 0.15) is 11.4 Å². The maximum Gasteiger partial charge on any atom is 0.287 e. The summed E-state index contributed by atoms with van der Waals surface area (Å²) in [4.78, 5) is 33.2. The van der Waals surface area contributed by atoms with E-state index in [2.05, 4.69) is 5.43 Å². The van der Waals surface area contributed by atoms with Crippen LogP contribution in [0.5, 0.6) is 0 Å². The summed E-state index contributed by atoms with van der Waals surface area (Å²) in [5.41, 5.74) is 7.55. The first-order valence-electron chi connectivity index (χ1n) is 5.49. The molecule has 0 spiro atoms. The molecule has 0 aliphatic carbocycles. The van der Waals surface area contributed by atoms with E-state index in [1.165, 1.54) is 36.1 Å². The SMILES string of the molecule is Cn1cc([N+](=O)[O-])cc1C(=O)Nn1cccc1C(N)=O. The average molecular weight is 277 g/mol. The monoisotopic (exact) mass is 277 g/mol. The Kier molecular flexibility index (Phi) is 3.25. The lowest BCUT2D eigenvalue weighted by Gasteiger charge is -2.09. The van der Waals surface area contributed by atoms with Crippen molar-refractivity contribution in [3.63, 3.8) is 0 Å². The highest BCUT2D eigenvalue weighted by molar-refractivity contribution is 6.00. The molecule has 2 amide bonds. The molecule has 0 saturated heterocycles. The number of hydrogen-bond donors (Lipinski definition) is 2. The lowest BCUT2D eigenvalue weighted by Crippen LogP contribution is -2.28. The molecule has 0 radical (unpaired) electrons. The average Bonchev–Trinajstić information content (AvgIpc) is 2.95. The van der Waals surface area contributed by atoms with Crippen molar-refractivity contribution in [3.8, 4) is 0 Å². The smallest absolute Gasteiger partial charge is 0.287 e. The molecule has 20 heavy (non-hydrogen) atoms. The fourth-order valence-electron chi connectivity index (χ4n) is 1.72. The van der Waals surface area contributed by atoms with Crippen molar-refractivity contribution in [1.82, 2.24) is 9.24 Å². The van der Waals surface area contributed by atoms with Crippen LogP contribution >= 0.6 is 0 Å². The van der Waals surface area contributed by atoms with Gasteiger partial charge in [-0.3, -0.25) is 29.8 Å². The van der Waals surface area contributed by atoms with Gasteiger partial charge >= 0.3 is 0 Å². The van der Waals surface area contributed by atoms with Crippen LogP contribution in [0, 0.1) is 10.1 Å². The Morgan fingerprint density at radius 3 is 2.65 bits per heavy atom. The van der Waals surface area contributed by atoms with Crippen molar-refractivity contribution in [2.45, 2.75) is 0 Å². The van der Waals surface area contributed by atoms with Gasteiger partial charge in [-0.05, 0) is 12.1 Å². The fraction of sp³-hybridized carbons (Fsp3) is 0.0909. The molecule has 2 heterocycles. The van der Waals surface area contributed by atoms with Gasteiger partial charge in [-0.1, -0.05) is 0 Å². The molecule has 0 aromatic carbocycles. The molecule has 0 aliphatic rings. The summed E-state index contributed by atoms with van der Waals surface area (Å²) in [5.74, 6) is -1.30. The number of aromatic nitrogens is 2. The number of hydrogen-bond acceptors (Lipinski definition) is 4. The Balaban J connectivity index is 2.26. The van der Waals surface area contributed by atoms with Crippen molar-refractivity contribution in [3.05, 3.63) is 52.1 Å². The Morgan fingerprint density at radius 1 is 1.40 bits per heavy atom. The van der Waals surface area contributed by atoms with Crippen molar-refractivity contribution < 1.29 is 14.5 Å². The van der Waals surface area contributed by atoms with E-state index in [1.807, 2.05) is 0 Å². The zero-order chi connectivity index (χ0) is 14.9. The summed E-state index contributed by atoms with van der Waals surface area (Å²) in [6.07, 6.45) is 2.66.